The SMILES string of the molecule is c1ccc2c(N(c3ccc4sc5ccccc5c4c3)c3ccc4oc5cccc(-c6nc7ccccc7o6)c5c4c3)cccc2c1. The van der Waals surface area contributed by atoms with Gasteiger partial charge in [-0.15, -0.1) is 11.3 Å². The fourth-order valence-corrected chi connectivity index (χ4v) is 7.89. The molecule has 7 aromatic carbocycles. The number of thiophene rings is 1. The molecule has 0 spiro atoms. The summed E-state index contributed by atoms with van der Waals surface area (Å²) in [6.07, 6.45) is 0. The van der Waals surface area contributed by atoms with Gasteiger partial charge in [-0.1, -0.05) is 72.8 Å². The van der Waals surface area contributed by atoms with Crippen LogP contribution in [0.4, 0.5) is 17.1 Å². The van der Waals surface area contributed by atoms with E-state index in [0.717, 1.165) is 55.7 Å². The molecular weight excluding hydrogens is 585 g/mol. The fourth-order valence-electron chi connectivity index (χ4n) is 6.80. The number of rotatable bonds is 4. The monoisotopic (exact) mass is 608 g/mol. The first kappa shape index (κ1) is 25.4. The summed E-state index contributed by atoms with van der Waals surface area (Å²) >= 11 is 1.84. The Morgan fingerprint density at radius 2 is 1.22 bits per heavy atom. The van der Waals surface area contributed by atoms with Crippen molar-refractivity contribution in [2.75, 3.05) is 4.90 Å². The maximum atomic E-state index is 6.41. The summed E-state index contributed by atoms with van der Waals surface area (Å²) in [5, 5.41) is 6.92. The quantitative estimate of drug-likeness (QED) is 0.199. The minimum atomic E-state index is 0.584. The second kappa shape index (κ2) is 9.80. The zero-order valence-electron chi connectivity index (χ0n) is 24.5. The van der Waals surface area contributed by atoms with Crippen LogP contribution in [0.3, 0.4) is 0 Å². The Hall–Kier alpha value is -5.91. The Balaban J connectivity index is 1.24. The molecule has 0 aliphatic carbocycles. The van der Waals surface area contributed by atoms with Crippen LogP contribution in [0, 0.1) is 0 Å². The molecule has 0 radical (unpaired) electrons. The normalized spacial score (nSPS) is 11.9. The standard InChI is InChI=1S/C41H24N2O2S/c1-2-11-28-25(9-1)10-7-15-34(28)43(27-20-22-39-31(23-27)29-12-3-6-18-38(29)46-39)26-19-21-35-32(24-26)40-30(13-8-17-37(40)44-35)41-42-33-14-4-5-16-36(33)45-41/h1-24H. The number of fused-ring (bicyclic) bond motifs is 8. The number of oxazole rings is 1. The van der Waals surface area contributed by atoms with Gasteiger partial charge in [0, 0.05) is 53.3 Å². The maximum Gasteiger partial charge on any atom is 0.228 e. The molecule has 10 aromatic rings. The van der Waals surface area contributed by atoms with E-state index in [-0.39, 0.29) is 0 Å². The summed E-state index contributed by atoms with van der Waals surface area (Å²) in [7, 11) is 0. The van der Waals surface area contributed by atoms with Crippen LogP contribution in [0.25, 0.3) is 75.4 Å². The van der Waals surface area contributed by atoms with Crippen LogP contribution < -0.4 is 4.90 Å². The number of hydrogen-bond donors (Lipinski definition) is 0. The molecule has 3 heterocycles. The zero-order chi connectivity index (χ0) is 30.2. The van der Waals surface area contributed by atoms with E-state index in [1.54, 1.807) is 0 Å². The van der Waals surface area contributed by atoms with Crippen LogP contribution in [-0.2, 0) is 0 Å². The molecule has 0 aliphatic rings. The molecule has 216 valence electrons. The third kappa shape index (κ3) is 3.82. The van der Waals surface area contributed by atoms with Crippen molar-refractivity contribution in [1.29, 1.82) is 0 Å². The smallest absolute Gasteiger partial charge is 0.228 e. The Morgan fingerprint density at radius 3 is 2.15 bits per heavy atom. The van der Waals surface area contributed by atoms with Gasteiger partial charge in [-0.05, 0) is 78.2 Å². The predicted octanol–water partition coefficient (Wildman–Crippen LogP) is 12.4. The van der Waals surface area contributed by atoms with E-state index < -0.39 is 0 Å². The van der Waals surface area contributed by atoms with E-state index in [1.807, 2.05) is 47.7 Å². The molecule has 3 aromatic heterocycles. The average Bonchev–Trinajstić information content (AvgIpc) is 3.81. The van der Waals surface area contributed by atoms with Crippen LogP contribution in [-0.4, -0.2) is 4.98 Å². The van der Waals surface area contributed by atoms with Crippen molar-refractivity contribution in [2.24, 2.45) is 0 Å². The van der Waals surface area contributed by atoms with Crippen LogP contribution in [0.15, 0.2) is 154 Å². The number of furan rings is 1. The van der Waals surface area contributed by atoms with E-state index in [2.05, 4.69) is 114 Å². The summed E-state index contributed by atoms with van der Waals surface area (Å²) in [6, 6.07) is 51.0. The first-order chi connectivity index (χ1) is 22.8. The average molecular weight is 609 g/mol. The second-order valence-corrected chi connectivity index (χ2v) is 12.6. The minimum absolute atomic E-state index is 0.584. The molecule has 0 saturated heterocycles. The molecule has 5 heteroatoms. The van der Waals surface area contributed by atoms with Gasteiger partial charge in [-0.2, -0.15) is 0 Å². The number of aromatic nitrogens is 1. The largest absolute Gasteiger partial charge is 0.456 e. The third-order valence-corrected chi connectivity index (χ3v) is 10.0. The number of nitrogens with zero attached hydrogens (tertiary/aromatic N) is 2. The third-order valence-electron chi connectivity index (χ3n) is 8.89. The van der Waals surface area contributed by atoms with E-state index in [0.29, 0.717) is 5.89 Å². The van der Waals surface area contributed by atoms with E-state index in [1.165, 1.54) is 30.9 Å². The van der Waals surface area contributed by atoms with Gasteiger partial charge >= 0.3 is 0 Å². The number of para-hydroxylation sites is 2. The van der Waals surface area contributed by atoms with Crippen molar-refractivity contribution >= 4 is 92.4 Å². The highest BCUT2D eigenvalue weighted by Gasteiger charge is 2.21. The van der Waals surface area contributed by atoms with E-state index in [9.17, 15) is 0 Å². The summed E-state index contributed by atoms with van der Waals surface area (Å²) in [4.78, 5) is 7.21. The molecule has 0 atom stereocenters. The van der Waals surface area contributed by atoms with Crippen molar-refractivity contribution in [3.05, 3.63) is 146 Å². The van der Waals surface area contributed by atoms with Crippen molar-refractivity contribution in [2.45, 2.75) is 0 Å². The Kier molecular flexibility index (Phi) is 5.41. The number of anilines is 3. The lowest BCUT2D eigenvalue weighted by Crippen LogP contribution is -2.10. The van der Waals surface area contributed by atoms with Crippen LogP contribution in [0.5, 0.6) is 0 Å². The van der Waals surface area contributed by atoms with Crippen molar-refractivity contribution in [1.82, 2.24) is 4.98 Å². The van der Waals surface area contributed by atoms with Crippen LogP contribution in [0.2, 0.25) is 0 Å². The van der Waals surface area contributed by atoms with Crippen LogP contribution >= 0.6 is 11.3 Å². The number of hydrogen-bond acceptors (Lipinski definition) is 5. The highest BCUT2D eigenvalue weighted by atomic mass is 32.1. The van der Waals surface area contributed by atoms with Gasteiger partial charge < -0.3 is 13.7 Å². The molecule has 0 amide bonds. The molecule has 0 aliphatic heterocycles. The van der Waals surface area contributed by atoms with Crippen molar-refractivity contribution in [3.8, 4) is 11.5 Å². The lowest BCUT2D eigenvalue weighted by atomic mass is 10.0. The van der Waals surface area contributed by atoms with Gasteiger partial charge in [-0.25, -0.2) is 4.98 Å². The van der Waals surface area contributed by atoms with Gasteiger partial charge in [0.25, 0.3) is 0 Å². The lowest BCUT2D eigenvalue weighted by Gasteiger charge is -2.27. The predicted molar refractivity (Wildman–Crippen MR) is 192 cm³/mol. The summed E-state index contributed by atoms with van der Waals surface area (Å²) < 4.78 is 15.2. The van der Waals surface area contributed by atoms with Crippen molar-refractivity contribution in [3.63, 3.8) is 0 Å². The van der Waals surface area contributed by atoms with Crippen molar-refractivity contribution < 1.29 is 8.83 Å². The summed E-state index contributed by atoms with van der Waals surface area (Å²) in [6.45, 7) is 0. The molecular formula is C41H24N2O2S. The minimum Gasteiger partial charge on any atom is -0.456 e. The number of benzene rings is 7. The zero-order valence-corrected chi connectivity index (χ0v) is 25.3. The highest BCUT2D eigenvalue weighted by molar-refractivity contribution is 7.25. The maximum absolute atomic E-state index is 6.41. The Morgan fingerprint density at radius 1 is 0.500 bits per heavy atom. The lowest BCUT2D eigenvalue weighted by molar-refractivity contribution is 0.620. The Bertz CT molecular complexity index is 2750. The molecule has 0 bridgehead atoms. The first-order valence-corrected chi connectivity index (χ1v) is 16.1. The molecule has 0 N–H and O–H groups in total. The summed E-state index contributed by atoms with van der Waals surface area (Å²) in [5.41, 5.74) is 7.38. The first-order valence-electron chi connectivity index (χ1n) is 15.3. The van der Waals surface area contributed by atoms with Gasteiger partial charge in [0.15, 0.2) is 5.58 Å². The van der Waals surface area contributed by atoms with Gasteiger partial charge in [0.2, 0.25) is 5.89 Å². The molecule has 46 heavy (non-hydrogen) atoms. The highest BCUT2D eigenvalue weighted by Crippen LogP contribution is 2.45. The molecule has 0 fully saturated rings. The topological polar surface area (TPSA) is 42.4 Å². The fraction of sp³-hybridized carbons (Fsp3) is 0. The molecule has 4 nitrogen and oxygen atoms in total. The van der Waals surface area contributed by atoms with E-state index in [4.69, 9.17) is 13.8 Å². The summed E-state index contributed by atoms with van der Waals surface area (Å²) in [5.74, 6) is 0.584. The van der Waals surface area contributed by atoms with Crippen LogP contribution in [0.1, 0.15) is 0 Å². The molecule has 0 saturated carbocycles. The van der Waals surface area contributed by atoms with Gasteiger partial charge in [0.05, 0.1) is 5.69 Å². The Labute approximate surface area is 267 Å². The van der Waals surface area contributed by atoms with E-state index >= 15 is 0 Å². The molecule has 10 rings (SSSR count). The van der Waals surface area contributed by atoms with Gasteiger partial charge in [-0.3, -0.25) is 0 Å². The van der Waals surface area contributed by atoms with Gasteiger partial charge in [0.1, 0.15) is 16.7 Å². The second-order valence-electron chi connectivity index (χ2n) is 11.6. The molecule has 0 unspecified atom stereocenters.